The monoisotopic (exact) mass is 409 g/mol. The fourth-order valence-electron chi connectivity index (χ4n) is 2.48. The van der Waals surface area contributed by atoms with Crippen LogP contribution in [0.5, 0.6) is 0 Å². The number of rotatable bonds is 4. The summed E-state index contributed by atoms with van der Waals surface area (Å²) >= 11 is 3.38. The maximum Gasteiger partial charge on any atom is 0.255 e. The van der Waals surface area contributed by atoms with Gasteiger partial charge < -0.3 is 5.32 Å². The van der Waals surface area contributed by atoms with Gasteiger partial charge in [-0.15, -0.1) is 5.10 Å². The maximum absolute atomic E-state index is 12.7. The van der Waals surface area contributed by atoms with Crippen molar-refractivity contribution in [2.45, 2.75) is 0 Å². The highest BCUT2D eigenvalue weighted by Crippen LogP contribution is 2.22. The first-order chi connectivity index (χ1) is 12.7. The van der Waals surface area contributed by atoms with Gasteiger partial charge in [-0.05, 0) is 56.7 Å². The lowest BCUT2D eigenvalue weighted by Gasteiger charge is -2.11. The van der Waals surface area contributed by atoms with Crippen LogP contribution in [0, 0.1) is 0 Å². The zero-order valence-corrected chi connectivity index (χ0v) is 14.9. The maximum atomic E-state index is 12.7. The minimum absolute atomic E-state index is 0.237. The Bertz CT molecular complexity index is 1060. The fraction of sp³-hybridized carbons (Fsp3) is 0. The average Bonchev–Trinajstić information content (AvgIpc) is 3.34. The van der Waals surface area contributed by atoms with Crippen molar-refractivity contribution in [1.29, 1.82) is 0 Å². The molecule has 1 N–H and O–H groups in total. The third-order valence-electron chi connectivity index (χ3n) is 3.67. The van der Waals surface area contributed by atoms with Gasteiger partial charge in [0.15, 0.2) is 0 Å². The molecule has 0 spiro atoms. The predicted octanol–water partition coefficient (Wildman–Crippen LogP) is 2.86. The molecule has 2 aromatic heterocycles. The van der Waals surface area contributed by atoms with Gasteiger partial charge in [-0.1, -0.05) is 18.2 Å². The molecule has 2 aromatic carbocycles. The van der Waals surface area contributed by atoms with Crippen LogP contribution in [-0.4, -0.2) is 35.9 Å². The number of halogens is 1. The molecule has 26 heavy (non-hydrogen) atoms. The van der Waals surface area contributed by atoms with E-state index in [1.54, 1.807) is 29.1 Å². The van der Waals surface area contributed by atoms with Gasteiger partial charge in [0, 0.05) is 11.8 Å². The minimum Gasteiger partial charge on any atom is -0.320 e. The lowest BCUT2D eigenvalue weighted by Crippen LogP contribution is -2.14. The molecule has 8 nitrogen and oxygen atoms in total. The average molecular weight is 410 g/mol. The SMILES string of the molecule is O=C(Nc1ccccc1-n1cc(Br)cn1)c1cccc(-n2cnnn2)c1. The molecule has 0 saturated carbocycles. The van der Waals surface area contributed by atoms with Crippen molar-refractivity contribution >= 4 is 27.5 Å². The summed E-state index contributed by atoms with van der Waals surface area (Å²) in [6, 6.07) is 14.5. The standard InChI is InChI=1S/C17H12BrN7O/c18-13-9-20-24(10-13)16-7-2-1-6-15(16)21-17(26)12-4-3-5-14(8-12)25-11-19-22-23-25/h1-11H,(H,21,26). The molecule has 0 radical (unpaired) electrons. The number of para-hydroxylation sites is 2. The first-order valence-corrected chi connectivity index (χ1v) is 8.44. The summed E-state index contributed by atoms with van der Waals surface area (Å²) in [4.78, 5) is 12.7. The predicted molar refractivity (Wildman–Crippen MR) is 98.4 cm³/mol. The zero-order chi connectivity index (χ0) is 17.9. The van der Waals surface area contributed by atoms with Gasteiger partial charge in [0.05, 0.1) is 27.7 Å². The number of anilines is 1. The van der Waals surface area contributed by atoms with Gasteiger partial charge in [0.1, 0.15) is 6.33 Å². The number of carbonyl (C=O) groups is 1. The molecule has 0 aliphatic rings. The van der Waals surface area contributed by atoms with Crippen LogP contribution >= 0.6 is 15.9 Å². The number of benzene rings is 2. The summed E-state index contributed by atoms with van der Waals surface area (Å²) in [7, 11) is 0. The number of carbonyl (C=O) groups excluding carboxylic acids is 1. The third-order valence-corrected chi connectivity index (χ3v) is 4.08. The Morgan fingerprint density at radius 3 is 2.73 bits per heavy atom. The fourth-order valence-corrected chi connectivity index (χ4v) is 2.76. The van der Waals surface area contributed by atoms with Gasteiger partial charge in [-0.3, -0.25) is 4.79 Å². The van der Waals surface area contributed by atoms with E-state index in [1.165, 1.54) is 11.0 Å². The first-order valence-electron chi connectivity index (χ1n) is 7.65. The number of aromatic nitrogens is 6. The smallest absolute Gasteiger partial charge is 0.255 e. The molecule has 0 unspecified atom stereocenters. The second kappa shape index (κ2) is 6.89. The molecule has 2 heterocycles. The summed E-state index contributed by atoms with van der Waals surface area (Å²) in [6.07, 6.45) is 4.99. The lowest BCUT2D eigenvalue weighted by molar-refractivity contribution is 0.102. The van der Waals surface area contributed by atoms with Crippen LogP contribution in [0.25, 0.3) is 11.4 Å². The molecular formula is C17H12BrN7O. The van der Waals surface area contributed by atoms with Crippen molar-refractivity contribution in [1.82, 2.24) is 30.0 Å². The normalized spacial score (nSPS) is 10.7. The summed E-state index contributed by atoms with van der Waals surface area (Å²) in [6.45, 7) is 0. The second-order valence-corrected chi connectivity index (χ2v) is 6.29. The Morgan fingerprint density at radius 1 is 1.08 bits per heavy atom. The van der Waals surface area contributed by atoms with E-state index >= 15 is 0 Å². The van der Waals surface area contributed by atoms with E-state index < -0.39 is 0 Å². The van der Waals surface area contributed by atoms with Crippen molar-refractivity contribution < 1.29 is 4.79 Å². The molecule has 0 aliphatic carbocycles. The topological polar surface area (TPSA) is 90.5 Å². The molecule has 0 fully saturated rings. The van der Waals surface area contributed by atoms with Crippen LogP contribution in [0.4, 0.5) is 5.69 Å². The largest absolute Gasteiger partial charge is 0.320 e. The summed E-state index contributed by atoms with van der Waals surface area (Å²) < 4.78 is 4.04. The van der Waals surface area contributed by atoms with Crippen molar-refractivity contribution in [2.75, 3.05) is 5.32 Å². The Hall–Kier alpha value is -3.33. The van der Waals surface area contributed by atoms with Gasteiger partial charge in [0.2, 0.25) is 0 Å². The quantitative estimate of drug-likeness (QED) is 0.559. The van der Waals surface area contributed by atoms with Gasteiger partial charge in [-0.2, -0.15) is 5.10 Å². The van der Waals surface area contributed by atoms with Crippen molar-refractivity contribution in [2.24, 2.45) is 0 Å². The number of nitrogens with one attached hydrogen (secondary N) is 1. The molecule has 0 saturated heterocycles. The number of nitrogens with zero attached hydrogens (tertiary/aromatic N) is 6. The van der Waals surface area contributed by atoms with E-state index in [0.717, 1.165) is 10.2 Å². The van der Waals surface area contributed by atoms with Crippen LogP contribution in [0.15, 0.2) is 71.7 Å². The molecule has 0 bridgehead atoms. The molecule has 0 atom stereocenters. The number of hydrogen-bond donors (Lipinski definition) is 1. The number of tetrazole rings is 1. The van der Waals surface area contributed by atoms with E-state index in [1.807, 2.05) is 36.5 Å². The Labute approximate surface area is 156 Å². The van der Waals surface area contributed by atoms with Crippen LogP contribution in [0.3, 0.4) is 0 Å². The van der Waals surface area contributed by atoms with Crippen LogP contribution in [0.2, 0.25) is 0 Å². The van der Waals surface area contributed by atoms with Gasteiger partial charge in [-0.25, -0.2) is 9.36 Å². The van der Waals surface area contributed by atoms with Crippen LogP contribution in [0.1, 0.15) is 10.4 Å². The minimum atomic E-state index is -0.237. The third kappa shape index (κ3) is 3.24. The highest BCUT2D eigenvalue weighted by atomic mass is 79.9. The molecule has 1 amide bonds. The molecule has 128 valence electrons. The highest BCUT2D eigenvalue weighted by molar-refractivity contribution is 9.10. The van der Waals surface area contributed by atoms with Crippen LogP contribution in [-0.2, 0) is 0 Å². The molecule has 4 aromatic rings. The van der Waals surface area contributed by atoms with Crippen molar-refractivity contribution in [3.8, 4) is 11.4 Å². The van der Waals surface area contributed by atoms with E-state index in [-0.39, 0.29) is 5.91 Å². The summed E-state index contributed by atoms with van der Waals surface area (Å²) in [5, 5.41) is 18.2. The van der Waals surface area contributed by atoms with E-state index in [2.05, 4.69) is 41.9 Å². The van der Waals surface area contributed by atoms with E-state index in [9.17, 15) is 4.79 Å². The van der Waals surface area contributed by atoms with Crippen LogP contribution < -0.4 is 5.32 Å². The summed E-state index contributed by atoms with van der Waals surface area (Å²) in [5.74, 6) is -0.237. The second-order valence-electron chi connectivity index (χ2n) is 5.38. The Morgan fingerprint density at radius 2 is 1.96 bits per heavy atom. The number of hydrogen-bond acceptors (Lipinski definition) is 5. The van der Waals surface area contributed by atoms with E-state index in [4.69, 9.17) is 0 Å². The summed E-state index contributed by atoms with van der Waals surface area (Å²) in [5.41, 5.74) is 2.62. The Balaban J connectivity index is 1.63. The van der Waals surface area contributed by atoms with Gasteiger partial charge in [0.25, 0.3) is 5.91 Å². The molecule has 4 rings (SSSR count). The van der Waals surface area contributed by atoms with Crippen molar-refractivity contribution in [3.05, 3.63) is 77.3 Å². The number of amides is 1. The lowest BCUT2D eigenvalue weighted by atomic mass is 10.1. The molecular weight excluding hydrogens is 398 g/mol. The van der Waals surface area contributed by atoms with Crippen molar-refractivity contribution in [3.63, 3.8) is 0 Å². The molecule has 9 heteroatoms. The Kier molecular flexibility index (Phi) is 4.28. The van der Waals surface area contributed by atoms with Gasteiger partial charge >= 0.3 is 0 Å². The van der Waals surface area contributed by atoms with E-state index in [0.29, 0.717) is 16.9 Å². The highest BCUT2D eigenvalue weighted by Gasteiger charge is 2.12. The first kappa shape index (κ1) is 16.2. The molecule has 0 aliphatic heterocycles. The zero-order valence-electron chi connectivity index (χ0n) is 13.3.